The molecule has 0 unspecified atom stereocenters. The minimum absolute atomic E-state index is 0.831. The summed E-state index contributed by atoms with van der Waals surface area (Å²) in [5, 5.41) is 1.30. The normalized spacial score (nSPS) is 8.43. The molecule has 0 saturated carbocycles. The summed E-state index contributed by atoms with van der Waals surface area (Å²) in [5.41, 5.74) is 1.45. The summed E-state index contributed by atoms with van der Waals surface area (Å²) < 4.78 is 0. The second-order valence-electron chi connectivity index (χ2n) is 1.74. The first-order valence-corrected chi connectivity index (χ1v) is 5.32. The van der Waals surface area contributed by atoms with Gasteiger partial charge in [-0.2, -0.15) is 0 Å². The molecule has 0 N–H and O–H groups in total. The molecule has 0 spiro atoms. The van der Waals surface area contributed by atoms with Crippen molar-refractivity contribution in [2.45, 2.75) is 25.0 Å². The fourth-order valence-electron chi connectivity index (χ4n) is 0.250. The Kier molecular flexibility index (Phi) is 4.58. The van der Waals surface area contributed by atoms with Crippen molar-refractivity contribution in [3.8, 4) is 0 Å². The molecule has 0 aliphatic carbocycles. The van der Waals surface area contributed by atoms with Crippen molar-refractivity contribution in [2.24, 2.45) is 0 Å². The Hall–Kier alpha value is 0.259. The van der Waals surface area contributed by atoms with E-state index in [9.17, 15) is 0 Å². The van der Waals surface area contributed by atoms with E-state index in [1.165, 1.54) is 10.9 Å². The Labute approximate surface area is 52.2 Å². The number of hydrogen-bond acceptors (Lipinski definition) is 0. The molecule has 0 saturated heterocycles. The number of allylic oxidation sites excluding steroid dienone is 2. The van der Waals surface area contributed by atoms with Crippen molar-refractivity contribution >= 4 is 15.0 Å². The fraction of sp³-hybridized carbons (Fsp3) is 0.667. The van der Waals surface area contributed by atoms with Crippen molar-refractivity contribution in [2.75, 3.05) is 0 Å². The monoisotopic (exact) mass is 164 g/mol. The zero-order valence-electron chi connectivity index (χ0n) is 5.19. The Morgan fingerprint density at radius 2 is 2.14 bits per heavy atom. The van der Waals surface area contributed by atoms with E-state index in [0.29, 0.717) is 0 Å². The predicted molar refractivity (Wildman–Crippen MR) is 35.9 cm³/mol. The molecule has 0 bridgehead atoms. The standard InChI is InChI=1S/C6H12Se/c1-6(2)4-5-7-3/h4H,5H2,1-3H3. The van der Waals surface area contributed by atoms with Crippen LogP contribution in [0.1, 0.15) is 13.8 Å². The first-order chi connectivity index (χ1) is 3.27. The first kappa shape index (κ1) is 7.26. The third kappa shape index (κ3) is 6.26. The van der Waals surface area contributed by atoms with Crippen LogP contribution in [0.15, 0.2) is 11.6 Å². The Bertz CT molecular complexity index is 60.6. The third-order valence-electron chi connectivity index (χ3n) is 0.658. The van der Waals surface area contributed by atoms with E-state index in [1.807, 2.05) is 0 Å². The molecule has 0 aliphatic heterocycles. The molecule has 0 atom stereocenters. The predicted octanol–water partition coefficient (Wildman–Crippen LogP) is 2.12. The SMILES string of the molecule is C[Se]CC=C(C)C. The van der Waals surface area contributed by atoms with Gasteiger partial charge in [0.2, 0.25) is 0 Å². The quantitative estimate of drug-likeness (QED) is 0.432. The molecule has 42 valence electrons. The van der Waals surface area contributed by atoms with Gasteiger partial charge in [-0.25, -0.2) is 0 Å². The van der Waals surface area contributed by atoms with Gasteiger partial charge in [0.05, 0.1) is 0 Å². The van der Waals surface area contributed by atoms with Crippen LogP contribution < -0.4 is 0 Å². The summed E-state index contributed by atoms with van der Waals surface area (Å²) >= 11 is 0.831. The molecule has 7 heavy (non-hydrogen) atoms. The number of rotatable bonds is 2. The van der Waals surface area contributed by atoms with E-state index < -0.39 is 0 Å². The van der Waals surface area contributed by atoms with Crippen LogP contribution in [0.2, 0.25) is 11.1 Å². The maximum absolute atomic E-state index is 2.29. The van der Waals surface area contributed by atoms with Gasteiger partial charge in [0.1, 0.15) is 0 Å². The molecular weight excluding hydrogens is 151 g/mol. The summed E-state index contributed by atoms with van der Waals surface area (Å²) in [4.78, 5) is 0. The Morgan fingerprint density at radius 1 is 1.57 bits per heavy atom. The van der Waals surface area contributed by atoms with Gasteiger partial charge in [-0.1, -0.05) is 0 Å². The van der Waals surface area contributed by atoms with Gasteiger partial charge in [0.25, 0.3) is 0 Å². The van der Waals surface area contributed by atoms with E-state index in [0.717, 1.165) is 15.0 Å². The van der Waals surface area contributed by atoms with Crippen LogP contribution >= 0.6 is 0 Å². The van der Waals surface area contributed by atoms with Crippen molar-refractivity contribution in [1.29, 1.82) is 0 Å². The van der Waals surface area contributed by atoms with Crippen LogP contribution in [0.3, 0.4) is 0 Å². The van der Waals surface area contributed by atoms with Crippen LogP contribution in [0.5, 0.6) is 0 Å². The van der Waals surface area contributed by atoms with E-state index in [2.05, 4.69) is 25.7 Å². The van der Waals surface area contributed by atoms with E-state index in [4.69, 9.17) is 0 Å². The second-order valence-corrected chi connectivity index (χ2v) is 3.65. The molecular formula is C6H12Se. The molecule has 0 nitrogen and oxygen atoms in total. The van der Waals surface area contributed by atoms with Crippen molar-refractivity contribution in [3.05, 3.63) is 11.6 Å². The zero-order valence-corrected chi connectivity index (χ0v) is 6.91. The van der Waals surface area contributed by atoms with E-state index in [-0.39, 0.29) is 0 Å². The number of hydrogen-bond donors (Lipinski definition) is 0. The molecule has 1 heteroatoms. The van der Waals surface area contributed by atoms with Crippen LogP contribution in [-0.4, -0.2) is 15.0 Å². The first-order valence-electron chi connectivity index (χ1n) is 2.39. The molecule has 0 aliphatic rings. The van der Waals surface area contributed by atoms with Gasteiger partial charge in [-0.05, 0) is 0 Å². The van der Waals surface area contributed by atoms with Gasteiger partial charge >= 0.3 is 51.6 Å². The van der Waals surface area contributed by atoms with Crippen molar-refractivity contribution in [3.63, 3.8) is 0 Å². The second kappa shape index (κ2) is 4.42. The summed E-state index contributed by atoms with van der Waals surface area (Å²) in [6, 6.07) is 0. The van der Waals surface area contributed by atoms with Gasteiger partial charge in [-0.15, -0.1) is 0 Å². The van der Waals surface area contributed by atoms with Crippen LogP contribution in [0.4, 0.5) is 0 Å². The van der Waals surface area contributed by atoms with Crippen molar-refractivity contribution in [1.82, 2.24) is 0 Å². The topological polar surface area (TPSA) is 0 Å². The minimum atomic E-state index is 0.831. The summed E-state index contributed by atoms with van der Waals surface area (Å²) in [6.07, 6.45) is 2.29. The summed E-state index contributed by atoms with van der Waals surface area (Å²) in [6.45, 7) is 4.29. The van der Waals surface area contributed by atoms with Gasteiger partial charge in [0, 0.05) is 0 Å². The van der Waals surface area contributed by atoms with Gasteiger partial charge < -0.3 is 0 Å². The van der Waals surface area contributed by atoms with E-state index >= 15 is 0 Å². The van der Waals surface area contributed by atoms with Crippen LogP contribution in [0.25, 0.3) is 0 Å². The molecule has 0 aromatic heterocycles. The third-order valence-corrected chi connectivity index (χ3v) is 1.71. The molecule has 0 heterocycles. The van der Waals surface area contributed by atoms with Crippen LogP contribution in [-0.2, 0) is 0 Å². The molecule has 0 radical (unpaired) electrons. The van der Waals surface area contributed by atoms with Crippen LogP contribution in [0, 0.1) is 0 Å². The zero-order chi connectivity index (χ0) is 5.70. The molecule has 0 aromatic carbocycles. The molecule has 0 fully saturated rings. The van der Waals surface area contributed by atoms with Gasteiger partial charge in [-0.3, -0.25) is 0 Å². The summed E-state index contributed by atoms with van der Waals surface area (Å²) in [5.74, 6) is 2.26. The average molecular weight is 163 g/mol. The molecule has 0 aromatic rings. The van der Waals surface area contributed by atoms with Crippen molar-refractivity contribution < 1.29 is 0 Å². The average Bonchev–Trinajstić information content (AvgIpc) is 1.61. The van der Waals surface area contributed by atoms with E-state index in [1.54, 1.807) is 0 Å². The van der Waals surface area contributed by atoms with Gasteiger partial charge in [0.15, 0.2) is 0 Å². The Balaban J connectivity index is 3.08. The Morgan fingerprint density at radius 3 is 2.29 bits per heavy atom. The fourth-order valence-corrected chi connectivity index (χ4v) is 1.30. The molecule has 0 amide bonds. The molecule has 0 rings (SSSR count). The maximum atomic E-state index is 2.29. The summed E-state index contributed by atoms with van der Waals surface area (Å²) in [7, 11) is 0.